The molecule has 0 saturated carbocycles. The average Bonchev–Trinajstić information content (AvgIpc) is 3.02. The maximum Gasteiger partial charge on any atom is 0.516 e. The maximum absolute atomic E-state index is 8.98. The molecule has 1 aliphatic heterocycles. The van der Waals surface area contributed by atoms with E-state index >= 15 is 0 Å². The van der Waals surface area contributed by atoms with Crippen LogP contribution in [0.25, 0.3) is 5.69 Å². The molecule has 0 amide bonds. The van der Waals surface area contributed by atoms with Crippen LogP contribution in [-0.4, -0.2) is 28.1 Å². The van der Waals surface area contributed by atoms with E-state index in [0.717, 1.165) is 11.3 Å². The Morgan fingerprint density at radius 2 is 1.82 bits per heavy atom. The zero-order valence-electron chi connectivity index (χ0n) is 13.2. The Kier molecular flexibility index (Phi) is 3.35. The minimum atomic E-state index is -0.481. The van der Waals surface area contributed by atoms with Crippen LogP contribution < -0.4 is 5.59 Å². The summed E-state index contributed by atoms with van der Waals surface area (Å²) in [6.07, 6.45) is 1.84. The third-order valence-electron chi connectivity index (χ3n) is 4.34. The molecule has 0 aliphatic carbocycles. The smallest absolute Gasteiger partial charge is 0.398 e. The topological polar surface area (TPSA) is 60.1 Å². The molecular formula is C16H18BN3O2. The second-order valence-corrected chi connectivity index (χ2v) is 6.44. The van der Waals surface area contributed by atoms with Gasteiger partial charge in [-0.3, -0.25) is 0 Å². The molecule has 1 aromatic carbocycles. The molecule has 112 valence electrons. The van der Waals surface area contributed by atoms with Gasteiger partial charge in [-0.1, -0.05) is 6.07 Å². The van der Waals surface area contributed by atoms with E-state index in [1.807, 2.05) is 52.1 Å². The summed E-state index contributed by atoms with van der Waals surface area (Å²) in [5, 5.41) is 13.5. The van der Waals surface area contributed by atoms with Crippen molar-refractivity contribution in [3.8, 4) is 11.8 Å². The van der Waals surface area contributed by atoms with Gasteiger partial charge in [0, 0.05) is 6.20 Å². The van der Waals surface area contributed by atoms with Crippen LogP contribution >= 0.6 is 0 Å². The molecule has 0 radical (unpaired) electrons. The van der Waals surface area contributed by atoms with Gasteiger partial charge in [-0.05, 0) is 52.0 Å². The van der Waals surface area contributed by atoms with E-state index in [1.54, 1.807) is 16.8 Å². The van der Waals surface area contributed by atoms with Crippen LogP contribution in [0.2, 0.25) is 0 Å². The standard InChI is InChI=1S/C16H18BN3O2/c1-15(2)16(3,4)22-17(21-15)14-8-9-20(19-14)13-7-5-6-12(10-13)11-18/h5-10H,1-4H3. The average molecular weight is 295 g/mol. The van der Waals surface area contributed by atoms with Gasteiger partial charge in [0.05, 0.1) is 34.1 Å². The molecule has 1 saturated heterocycles. The van der Waals surface area contributed by atoms with Gasteiger partial charge in [0.1, 0.15) is 0 Å². The predicted octanol–water partition coefficient (Wildman–Crippen LogP) is 2.04. The minimum Gasteiger partial charge on any atom is -0.398 e. The number of hydrogen-bond donors (Lipinski definition) is 0. The van der Waals surface area contributed by atoms with Gasteiger partial charge in [-0.15, -0.1) is 0 Å². The molecule has 1 aromatic heterocycles. The van der Waals surface area contributed by atoms with Gasteiger partial charge in [0.25, 0.3) is 0 Å². The highest BCUT2D eigenvalue weighted by Crippen LogP contribution is 2.36. The first-order valence-corrected chi connectivity index (χ1v) is 7.24. The summed E-state index contributed by atoms with van der Waals surface area (Å²) in [6, 6.07) is 11.3. The zero-order valence-corrected chi connectivity index (χ0v) is 13.2. The Morgan fingerprint density at radius 3 is 2.45 bits per heavy atom. The number of hydrogen-bond acceptors (Lipinski definition) is 4. The van der Waals surface area contributed by atoms with Crippen molar-refractivity contribution >= 4 is 12.7 Å². The fraction of sp³-hybridized carbons (Fsp3) is 0.375. The van der Waals surface area contributed by atoms with E-state index in [-0.39, 0.29) is 11.2 Å². The molecule has 6 heteroatoms. The molecule has 2 heterocycles. The van der Waals surface area contributed by atoms with Crippen LogP contribution in [-0.2, 0) is 9.31 Å². The second-order valence-electron chi connectivity index (χ2n) is 6.44. The van der Waals surface area contributed by atoms with E-state index in [1.165, 1.54) is 0 Å². The first-order valence-electron chi connectivity index (χ1n) is 7.24. The monoisotopic (exact) mass is 295 g/mol. The summed E-state index contributed by atoms with van der Waals surface area (Å²) >= 11 is 0. The third kappa shape index (κ3) is 2.43. The van der Waals surface area contributed by atoms with Gasteiger partial charge in [-0.25, -0.2) is 4.68 Å². The third-order valence-corrected chi connectivity index (χ3v) is 4.34. The molecule has 0 atom stereocenters. The van der Waals surface area contributed by atoms with Crippen molar-refractivity contribution in [2.75, 3.05) is 0 Å². The van der Waals surface area contributed by atoms with Crippen LogP contribution in [0.4, 0.5) is 0 Å². The number of nitriles is 1. The minimum absolute atomic E-state index is 0.387. The van der Waals surface area contributed by atoms with Crippen molar-refractivity contribution in [1.29, 1.82) is 5.26 Å². The highest BCUT2D eigenvalue weighted by Gasteiger charge is 2.52. The lowest BCUT2D eigenvalue weighted by atomic mass is 9.85. The first kappa shape index (κ1) is 14.8. The zero-order chi connectivity index (χ0) is 16.0. The summed E-state index contributed by atoms with van der Waals surface area (Å²) in [4.78, 5) is 0. The summed E-state index contributed by atoms with van der Waals surface area (Å²) in [5.41, 5.74) is 1.39. The van der Waals surface area contributed by atoms with Crippen LogP contribution in [0.3, 0.4) is 0 Å². The molecule has 2 aromatic rings. The Bertz CT molecular complexity index is 730. The molecule has 22 heavy (non-hydrogen) atoms. The first-order chi connectivity index (χ1) is 10.3. The van der Waals surface area contributed by atoms with Crippen molar-refractivity contribution in [2.24, 2.45) is 0 Å². The molecular weight excluding hydrogens is 277 g/mol. The summed E-state index contributed by atoms with van der Waals surface area (Å²) in [7, 11) is -0.481. The van der Waals surface area contributed by atoms with Gasteiger partial charge in [0.15, 0.2) is 0 Å². The summed E-state index contributed by atoms with van der Waals surface area (Å²) in [6.45, 7) is 8.06. The van der Waals surface area contributed by atoms with Crippen molar-refractivity contribution in [3.05, 3.63) is 42.1 Å². The van der Waals surface area contributed by atoms with E-state index in [4.69, 9.17) is 14.6 Å². The lowest BCUT2D eigenvalue weighted by Crippen LogP contribution is -2.41. The molecule has 1 fully saturated rings. The number of rotatable bonds is 2. The van der Waals surface area contributed by atoms with Gasteiger partial charge < -0.3 is 9.31 Å². The van der Waals surface area contributed by atoms with Crippen molar-refractivity contribution < 1.29 is 9.31 Å². The van der Waals surface area contributed by atoms with E-state index in [2.05, 4.69) is 11.2 Å². The fourth-order valence-corrected chi connectivity index (χ4v) is 2.29. The second kappa shape index (κ2) is 4.97. The molecule has 1 aliphatic rings. The molecule has 5 nitrogen and oxygen atoms in total. The van der Waals surface area contributed by atoms with Crippen molar-refractivity contribution in [2.45, 2.75) is 38.9 Å². The predicted molar refractivity (Wildman–Crippen MR) is 84.0 cm³/mol. The number of benzene rings is 1. The summed E-state index contributed by atoms with van der Waals surface area (Å²) in [5.74, 6) is 0. The van der Waals surface area contributed by atoms with E-state index in [9.17, 15) is 0 Å². The highest BCUT2D eigenvalue weighted by molar-refractivity contribution is 6.61. The lowest BCUT2D eigenvalue weighted by molar-refractivity contribution is 0.00578. The Labute approximate surface area is 130 Å². The normalized spacial score (nSPS) is 19.1. The van der Waals surface area contributed by atoms with Gasteiger partial charge >= 0.3 is 7.12 Å². The molecule has 0 N–H and O–H groups in total. The van der Waals surface area contributed by atoms with Crippen molar-refractivity contribution in [1.82, 2.24) is 9.78 Å². The lowest BCUT2D eigenvalue weighted by Gasteiger charge is -2.32. The molecule has 0 bridgehead atoms. The molecule has 0 unspecified atom stereocenters. The Hall–Kier alpha value is -2.10. The van der Waals surface area contributed by atoms with E-state index in [0.29, 0.717) is 5.56 Å². The maximum atomic E-state index is 8.98. The molecule has 0 spiro atoms. The number of aromatic nitrogens is 2. The fourth-order valence-electron chi connectivity index (χ4n) is 2.29. The number of nitrogens with zero attached hydrogens (tertiary/aromatic N) is 3. The van der Waals surface area contributed by atoms with Crippen LogP contribution in [0.15, 0.2) is 36.5 Å². The largest absolute Gasteiger partial charge is 0.516 e. The van der Waals surface area contributed by atoms with E-state index < -0.39 is 7.12 Å². The SMILES string of the molecule is CC1(C)OB(c2ccn(-c3cccc(C#N)c3)n2)OC1(C)C. The molecule has 3 rings (SSSR count). The van der Waals surface area contributed by atoms with Crippen molar-refractivity contribution in [3.63, 3.8) is 0 Å². The van der Waals surface area contributed by atoms with Gasteiger partial charge in [0.2, 0.25) is 0 Å². The van der Waals surface area contributed by atoms with Crippen LogP contribution in [0, 0.1) is 11.3 Å². The highest BCUT2D eigenvalue weighted by atomic mass is 16.7. The van der Waals surface area contributed by atoms with Crippen LogP contribution in [0.5, 0.6) is 0 Å². The summed E-state index contributed by atoms with van der Waals surface area (Å²) < 4.78 is 13.7. The van der Waals surface area contributed by atoms with Crippen LogP contribution in [0.1, 0.15) is 33.3 Å². The van der Waals surface area contributed by atoms with Gasteiger partial charge in [-0.2, -0.15) is 10.4 Å². The quantitative estimate of drug-likeness (QED) is 0.796. The Morgan fingerprint density at radius 1 is 1.14 bits per heavy atom. The Balaban J connectivity index is 1.88.